The van der Waals surface area contributed by atoms with Crippen molar-refractivity contribution in [3.63, 3.8) is 0 Å². The van der Waals surface area contributed by atoms with E-state index in [4.69, 9.17) is 0 Å². The van der Waals surface area contributed by atoms with E-state index in [9.17, 15) is 13.5 Å². The highest BCUT2D eigenvalue weighted by Gasteiger charge is 2.31. The molecule has 0 spiro atoms. The standard InChI is InChI=1S/C21H25N5O3S/c1-14-11-24-20(25-14)19-10-15(5-8-23-19)16-9-18(13-22-12-16)30(28,29)26-17-3-6-21(2,27)7-4-17/h5,8-13,17,26-27H,3-4,6-7H2,1-2H3,(H,24,25). The Bertz CT molecular complexity index is 1150. The van der Waals surface area contributed by atoms with Gasteiger partial charge in [-0.25, -0.2) is 18.1 Å². The van der Waals surface area contributed by atoms with Crippen LogP contribution in [0, 0.1) is 6.92 Å². The third kappa shape index (κ3) is 4.58. The van der Waals surface area contributed by atoms with Crippen molar-refractivity contribution in [3.05, 3.63) is 48.7 Å². The second-order valence-corrected chi connectivity index (χ2v) is 9.84. The van der Waals surface area contributed by atoms with Crippen LogP contribution < -0.4 is 4.72 Å². The summed E-state index contributed by atoms with van der Waals surface area (Å²) in [4.78, 5) is 16.1. The number of pyridine rings is 2. The summed E-state index contributed by atoms with van der Waals surface area (Å²) in [6.45, 7) is 3.68. The molecule has 3 heterocycles. The smallest absolute Gasteiger partial charge is 0.242 e. The number of imidazole rings is 1. The molecule has 8 nitrogen and oxygen atoms in total. The Morgan fingerprint density at radius 3 is 2.67 bits per heavy atom. The quantitative estimate of drug-likeness (QED) is 0.576. The SMILES string of the molecule is Cc1c[nH]c(-c2cc(-c3cncc(S(=O)(=O)NC4CCC(C)(O)CC4)c3)ccn2)n1. The molecule has 3 aromatic heterocycles. The first-order valence-corrected chi connectivity index (χ1v) is 11.4. The normalized spacial score (nSPS) is 22.2. The number of aryl methyl sites for hydroxylation is 1. The van der Waals surface area contributed by atoms with Crippen LogP contribution >= 0.6 is 0 Å². The van der Waals surface area contributed by atoms with Gasteiger partial charge in [-0.05, 0) is 63.3 Å². The average Bonchev–Trinajstić information content (AvgIpc) is 3.16. The Morgan fingerprint density at radius 2 is 1.97 bits per heavy atom. The van der Waals surface area contributed by atoms with Gasteiger partial charge in [-0.1, -0.05) is 0 Å². The molecule has 0 atom stereocenters. The summed E-state index contributed by atoms with van der Waals surface area (Å²) >= 11 is 0. The maximum absolute atomic E-state index is 12.9. The van der Waals surface area contributed by atoms with Crippen molar-refractivity contribution in [2.45, 2.75) is 56.1 Å². The maximum atomic E-state index is 12.9. The van der Waals surface area contributed by atoms with Gasteiger partial charge in [0.15, 0.2) is 5.82 Å². The monoisotopic (exact) mass is 427 g/mol. The van der Waals surface area contributed by atoms with Gasteiger partial charge in [-0.3, -0.25) is 9.97 Å². The summed E-state index contributed by atoms with van der Waals surface area (Å²) in [6.07, 6.45) is 8.80. The molecule has 1 aliphatic rings. The number of H-pyrrole nitrogens is 1. The summed E-state index contributed by atoms with van der Waals surface area (Å²) in [5, 5.41) is 10.1. The van der Waals surface area contributed by atoms with Crippen LogP contribution in [0.2, 0.25) is 0 Å². The lowest BCUT2D eigenvalue weighted by atomic mass is 9.84. The molecule has 0 bridgehead atoms. The number of hydrogen-bond donors (Lipinski definition) is 3. The van der Waals surface area contributed by atoms with Crippen LogP contribution in [-0.4, -0.2) is 45.1 Å². The summed E-state index contributed by atoms with van der Waals surface area (Å²) in [5.41, 5.74) is 2.29. The zero-order chi connectivity index (χ0) is 21.4. The second-order valence-electron chi connectivity index (χ2n) is 8.12. The summed E-state index contributed by atoms with van der Waals surface area (Å²) in [5.74, 6) is 0.654. The van der Waals surface area contributed by atoms with Crippen molar-refractivity contribution >= 4 is 10.0 Å². The Balaban J connectivity index is 1.57. The van der Waals surface area contributed by atoms with Crippen LogP contribution in [0.3, 0.4) is 0 Å². The zero-order valence-electron chi connectivity index (χ0n) is 17.0. The highest BCUT2D eigenvalue weighted by atomic mass is 32.2. The number of rotatable bonds is 5. The van der Waals surface area contributed by atoms with E-state index in [1.54, 1.807) is 31.6 Å². The number of nitrogens with zero attached hydrogens (tertiary/aromatic N) is 3. The molecule has 0 amide bonds. The third-order valence-electron chi connectivity index (χ3n) is 5.45. The molecule has 1 fully saturated rings. The summed E-state index contributed by atoms with van der Waals surface area (Å²) < 4.78 is 28.6. The van der Waals surface area contributed by atoms with Crippen molar-refractivity contribution in [1.82, 2.24) is 24.7 Å². The van der Waals surface area contributed by atoms with Crippen molar-refractivity contribution in [1.29, 1.82) is 0 Å². The molecule has 1 saturated carbocycles. The van der Waals surface area contributed by atoms with E-state index in [0.717, 1.165) is 11.3 Å². The molecule has 1 aliphatic carbocycles. The van der Waals surface area contributed by atoms with Crippen LogP contribution in [0.5, 0.6) is 0 Å². The summed E-state index contributed by atoms with van der Waals surface area (Å²) in [6, 6.07) is 5.08. The van der Waals surface area contributed by atoms with Crippen LogP contribution in [-0.2, 0) is 10.0 Å². The molecule has 3 aromatic rings. The average molecular weight is 428 g/mol. The van der Waals surface area contributed by atoms with Gasteiger partial charge in [0.2, 0.25) is 10.0 Å². The van der Waals surface area contributed by atoms with E-state index in [0.29, 0.717) is 42.8 Å². The van der Waals surface area contributed by atoms with Crippen molar-refractivity contribution in [2.75, 3.05) is 0 Å². The number of aromatic nitrogens is 4. The van der Waals surface area contributed by atoms with Gasteiger partial charge in [0, 0.05) is 36.4 Å². The highest BCUT2D eigenvalue weighted by molar-refractivity contribution is 7.89. The minimum absolute atomic E-state index is 0.115. The van der Waals surface area contributed by atoms with Crippen molar-refractivity contribution in [2.24, 2.45) is 0 Å². The zero-order valence-corrected chi connectivity index (χ0v) is 17.8. The lowest BCUT2D eigenvalue weighted by Gasteiger charge is -2.33. The van der Waals surface area contributed by atoms with Gasteiger partial charge in [0.05, 0.1) is 11.3 Å². The highest BCUT2D eigenvalue weighted by Crippen LogP contribution is 2.29. The van der Waals surface area contributed by atoms with E-state index in [2.05, 4.69) is 24.7 Å². The fraction of sp³-hybridized carbons (Fsp3) is 0.381. The van der Waals surface area contributed by atoms with Crippen molar-refractivity contribution in [3.8, 4) is 22.6 Å². The van der Waals surface area contributed by atoms with Crippen LogP contribution in [0.25, 0.3) is 22.6 Å². The largest absolute Gasteiger partial charge is 0.390 e. The van der Waals surface area contributed by atoms with Gasteiger partial charge >= 0.3 is 0 Å². The van der Waals surface area contributed by atoms with E-state index in [-0.39, 0.29) is 10.9 Å². The van der Waals surface area contributed by atoms with Crippen molar-refractivity contribution < 1.29 is 13.5 Å². The number of nitrogens with one attached hydrogen (secondary N) is 2. The van der Waals surface area contributed by atoms with E-state index in [1.807, 2.05) is 19.1 Å². The number of hydrogen-bond acceptors (Lipinski definition) is 6. The topological polar surface area (TPSA) is 121 Å². The molecule has 0 unspecified atom stereocenters. The van der Waals surface area contributed by atoms with Crippen LogP contribution in [0.4, 0.5) is 0 Å². The molecular weight excluding hydrogens is 402 g/mol. The molecule has 4 rings (SSSR count). The first-order valence-electron chi connectivity index (χ1n) is 9.90. The number of sulfonamides is 1. The molecule has 3 N–H and O–H groups in total. The molecule has 0 aromatic carbocycles. The Hall–Kier alpha value is -2.62. The first-order chi connectivity index (χ1) is 14.2. The third-order valence-corrected chi connectivity index (χ3v) is 6.94. The molecule has 158 valence electrons. The van der Waals surface area contributed by atoms with Gasteiger partial charge in [-0.2, -0.15) is 0 Å². The molecule has 30 heavy (non-hydrogen) atoms. The molecule has 9 heteroatoms. The lowest BCUT2D eigenvalue weighted by Crippen LogP contribution is -2.42. The molecule has 0 aliphatic heterocycles. The predicted molar refractivity (Wildman–Crippen MR) is 113 cm³/mol. The number of aromatic amines is 1. The van der Waals surface area contributed by atoms with Crippen LogP contribution in [0.15, 0.2) is 47.9 Å². The van der Waals surface area contributed by atoms with E-state index >= 15 is 0 Å². The second kappa shape index (κ2) is 7.90. The molecule has 0 saturated heterocycles. The Morgan fingerprint density at radius 1 is 1.20 bits per heavy atom. The Labute approximate surface area is 175 Å². The minimum atomic E-state index is -3.71. The van der Waals surface area contributed by atoms with Gasteiger partial charge in [0.1, 0.15) is 10.6 Å². The van der Waals surface area contributed by atoms with E-state index < -0.39 is 15.6 Å². The first kappa shape index (κ1) is 20.6. The maximum Gasteiger partial charge on any atom is 0.242 e. The fourth-order valence-electron chi connectivity index (χ4n) is 3.65. The summed E-state index contributed by atoms with van der Waals surface area (Å²) in [7, 11) is -3.71. The van der Waals surface area contributed by atoms with Crippen LogP contribution in [0.1, 0.15) is 38.3 Å². The molecule has 0 radical (unpaired) electrons. The lowest BCUT2D eigenvalue weighted by molar-refractivity contribution is 0.0163. The number of aliphatic hydroxyl groups is 1. The van der Waals surface area contributed by atoms with Gasteiger partial charge in [-0.15, -0.1) is 0 Å². The minimum Gasteiger partial charge on any atom is -0.390 e. The van der Waals surface area contributed by atoms with E-state index in [1.165, 1.54) is 6.20 Å². The predicted octanol–water partition coefficient (Wildman–Crippen LogP) is 2.81. The van der Waals surface area contributed by atoms with Gasteiger partial charge in [0.25, 0.3) is 0 Å². The molecular formula is C21H25N5O3S. The fourth-order valence-corrected chi connectivity index (χ4v) is 4.95. The van der Waals surface area contributed by atoms with Gasteiger partial charge < -0.3 is 10.1 Å². The Kier molecular flexibility index (Phi) is 5.44.